The second-order valence-electron chi connectivity index (χ2n) is 7.84. The zero-order chi connectivity index (χ0) is 22.4. The number of nitrogens with zero attached hydrogens (tertiary/aromatic N) is 3. The number of halogens is 1. The van der Waals surface area contributed by atoms with Gasteiger partial charge in [0.05, 0.1) is 22.8 Å². The lowest BCUT2D eigenvalue weighted by atomic mass is 9.98. The normalized spacial score (nSPS) is 11.2. The summed E-state index contributed by atoms with van der Waals surface area (Å²) in [6.45, 7) is 4.11. The number of aldehydes is 1. The van der Waals surface area contributed by atoms with Gasteiger partial charge in [0.2, 0.25) is 0 Å². The average molecular weight is 423 g/mol. The predicted molar refractivity (Wildman–Crippen MR) is 120 cm³/mol. The van der Waals surface area contributed by atoms with Crippen molar-refractivity contribution in [3.63, 3.8) is 0 Å². The van der Waals surface area contributed by atoms with E-state index in [-0.39, 0.29) is 5.82 Å². The van der Waals surface area contributed by atoms with Gasteiger partial charge in [0.25, 0.3) is 0 Å². The van der Waals surface area contributed by atoms with Gasteiger partial charge in [0.15, 0.2) is 0 Å². The number of rotatable bonds is 4. The minimum atomic E-state index is -0.305. The highest BCUT2D eigenvalue weighted by atomic mass is 19.1. The van der Waals surface area contributed by atoms with Gasteiger partial charge in [-0.15, -0.1) is 0 Å². The van der Waals surface area contributed by atoms with E-state index in [1.165, 1.54) is 12.1 Å². The minimum absolute atomic E-state index is 0.305. The molecule has 5 rings (SSSR count). The quantitative estimate of drug-likeness (QED) is 0.336. The Morgan fingerprint density at radius 1 is 1.12 bits per heavy atom. The van der Waals surface area contributed by atoms with E-state index in [0.29, 0.717) is 23.4 Å². The van der Waals surface area contributed by atoms with Crippen molar-refractivity contribution in [3.8, 4) is 17.2 Å². The molecular weight excluding hydrogens is 405 g/mol. The molecule has 0 radical (unpaired) electrons. The Hall–Kier alpha value is -4.24. The maximum atomic E-state index is 13.9. The van der Waals surface area contributed by atoms with Crippen LogP contribution in [0.15, 0.2) is 59.1 Å². The summed E-state index contributed by atoms with van der Waals surface area (Å²) in [6, 6.07) is 18.0. The van der Waals surface area contributed by atoms with Crippen molar-refractivity contribution in [3.05, 3.63) is 88.6 Å². The standard InChI is InChI=1S/C26H18FN3O2/c1-15-25(16(2)32-29-15)19-10-20(12-28)26-22-9-18(14-31)6-7-23(22)30(24(26)11-19)13-17-4-3-5-21(27)8-17/h3-11,14H,13H2,1-2H3. The van der Waals surface area contributed by atoms with Gasteiger partial charge in [-0.05, 0) is 67.4 Å². The highest BCUT2D eigenvalue weighted by molar-refractivity contribution is 6.13. The Morgan fingerprint density at radius 3 is 2.66 bits per heavy atom. The molecule has 0 amide bonds. The number of carbonyl (C=O) groups excluding carboxylic acids is 1. The number of aromatic nitrogens is 2. The average Bonchev–Trinajstić information content (AvgIpc) is 3.29. The summed E-state index contributed by atoms with van der Waals surface area (Å²) < 4.78 is 21.3. The topological polar surface area (TPSA) is 71.8 Å². The molecule has 5 nitrogen and oxygen atoms in total. The van der Waals surface area contributed by atoms with Gasteiger partial charge in [-0.2, -0.15) is 5.26 Å². The molecule has 0 aliphatic heterocycles. The molecule has 0 unspecified atom stereocenters. The molecular formula is C26H18FN3O2. The molecule has 0 aliphatic rings. The lowest BCUT2D eigenvalue weighted by molar-refractivity contribution is 0.112. The van der Waals surface area contributed by atoms with Crippen LogP contribution in [-0.2, 0) is 6.54 Å². The van der Waals surface area contributed by atoms with Crippen LogP contribution in [0.4, 0.5) is 4.39 Å². The Balaban J connectivity index is 1.88. The highest BCUT2D eigenvalue weighted by Crippen LogP contribution is 2.37. The van der Waals surface area contributed by atoms with Crippen molar-refractivity contribution in [1.82, 2.24) is 9.72 Å². The van der Waals surface area contributed by atoms with Crippen molar-refractivity contribution in [1.29, 1.82) is 5.26 Å². The molecule has 6 heteroatoms. The lowest BCUT2D eigenvalue weighted by Crippen LogP contribution is -2.00. The summed E-state index contributed by atoms with van der Waals surface area (Å²) in [5, 5.41) is 15.6. The fourth-order valence-corrected chi connectivity index (χ4v) is 4.43. The zero-order valence-corrected chi connectivity index (χ0v) is 17.5. The second-order valence-corrected chi connectivity index (χ2v) is 7.84. The van der Waals surface area contributed by atoms with Gasteiger partial charge in [0, 0.05) is 34.0 Å². The van der Waals surface area contributed by atoms with Crippen LogP contribution in [0, 0.1) is 31.0 Å². The fraction of sp³-hybridized carbons (Fsp3) is 0.115. The van der Waals surface area contributed by atoms with Gasteiger partial charge in [-0.25, -0.2) is 4.39 Å². The summed E-state index contributed by atoms with van der Waals surface area (Å²) in [5.41, 5.74) is 5.91. The lowest BCUT2D eigenvalue weighted by Gasteiger charge is -2.10. The number of carbonyl (C=O) groups is 1. The van der Waals surface area contributed by atoms with E-state index in [9.17, 15) is 14.4 Å². The number of benzene rings is 3. The number of hydrogen-bond acceptors (Lipinski definition) is 4. The second kappa shape index (κ2) is 7.47. The Kier molecular flexibility index (Phi) is 4.60. The van der Waals surface area contributed by atoms with Crippen molar-refractivity contribution < 1.29 is 13.7 Å². The van der Waals surface area contributed by atoms with Crippen LogP contribution >= 0.6 is 0 Å². The molecule has 0 spiro atoms. The van der Waals surface area contributed by atoms with E-state index < -0.39 is 0 Å². The summed E-state index contributed by atoms with van der Waals surface area (Å²) in [5.74, 6) is 0.363. The first-order valence-corrected chi connectivity index (χ1v) is 10.1. The molecule has 0 fully saturated rings. The summed E-state index contributed by atoms with van der Waals surface area (Å²) >= 11 is 0. The number of nitriles is 1. The van der Waals surface area contributed by atoms with Gasteiger partial charge in [0.1, 0.15) is 17.9 Å². The molecule has 2 heterocycles. The molecule has 5 aromatic rings. The molecule has 2 aromatic heterocycles. The minimum Gasteiger partial charge on any atom is -0.361 e. The monoisotopic (exact) mass is 423 g/mol. The predicted octanol–water partition coefficient (Wildman–Crippen LogP) is 5.94. The van der Waals surface area contributed by atoms with Crippen molar-refractivity contribution in [2.75, 3.05) is 0 Å². The molecule has 3 aromatic carbocycles. The molecule has 0 aliphatic carbocycles. The third-order valence-corrected chi connectivity index (χ3v) is 5.80. The molecule has 0 atom stereocenters. The SMILES string of the molecule is Cc1noc(C)c1-c1cc(C#N)c2c3cc(C=O)ccc3n(Cc3cccc(F)c3)c2c1. The maximum absolute atomic E-state index is 13.9. The zero-order valence-electron chi connectivity index (χ0n) is 17.5. The van der Waals surface area contributed by atoms with Crippen LogP contribution in [0.3, 0.4) is 0 Å². The van der Waals surface area contributed by atoms with Crippen LogP contribution in [0.5, 0.6) is 0 Å². The smallest absolute Gasteiger partial charge is 0.150 e. The number of hydrogen-bond donors (Lipinski definition) is 0. The van der Waals surface area contributed by atoms with Gasteiger partial charge in [-0.3, -0.25) is 4.79 Å². The maximum Gasteiger partial charge on any atom is 0.150 e. The number of fused-ring (bicyclic) bond motifs is 3. The van der Waals surface area contributed by atoms with E-state index in [1.807, 2.05) is 38.1 Å². The van der Waals surface area contributed by atoms with Crippen molar-refractivity contribution >= 4 is 28.1 Å². The third-order valence-electron chi connectivity index (χ3n) is 5.80. The first-order valence-electron chi connectivity index (χ1n) is 10.1. The molecule has 32 heavy (non-hydrogen) atoms. The molecule has 156 valence electrons. The van der Waals surface area contributed by atoms with Gasteiger partial charge < -0.3 is 9.09 Å². The summed E-state index contributed by atoms with van der Waals surface area (Å²) in [6.07, 6.45) is 0.791. The third kappa shape index (κ3) is 3.07. The van der Waals surface area contributed by atoms with E-state index >= 15 is 0 Å². The van der Waals surface area contributed by atoms with Gasteiger partial charge >= 0.3 is 0 Å². The van der Waals surface area contributed by atoms with Crippen molar-refractivity contribution in [2.24, 2.45) is 0 Å². The first kappa shape index (κ1) is 19.7. The first-order chi connectivity index (χ1) is 15.5. The summed E-state index contributed by atoms with van der Waals surface area (Å²) in [7, 11) is 0. The summed E-state index contributed by atoms with van der Waals surface area (Å²) in [4.78, 5) is 11.4. The van der Waals surface area contributed by atoms with E-state index in [1.54, 1.807) is 18.2 Å². The molecule has 0 saturated carbocycles. The molecule has 0 N–H and O–H groups in total. The van der Waals surface area contributed by atoms with Crippen LogP contribution in [0.25, 0.3) is 32.9 Å². The Labute approximate surface area is 183 Å². The number of aryl methyl sites for hydroxylation is 2. The van der Waals surface area contributed by atoms with Crippen LogP contribution in [-0.4, -0.2) is 16.0 Å². The van der Waals surface area contributed by atoms with E-state index in [4.69, 9.17) is 4.52 Å². The highest BCUT2D eigenvalue weighted by Gasteiger charge is 2.19. The molecule has 0 saturated heterocycles. The Morgan fingerprint density at radius 2 is 1.97 bits per heavy atom. The van der Waals surface area contributed by atoms with Crippen LogP contribution in [0.1, 0.15) is 32.9 Å². The Bertz CT molecular complexity index is 1550. The van der Waals surface area contributed by atoms with E-state index in [0.717, 1.165) is 50.5 Å². The fourth-order valence-electron chi connectivity index (χ4n) is 4.43. The van der Waals surface area contributed by atoms with Crippen LogP contribution in [0.2, 0.25) is 0 Å². The largest absolute Gasteiger partial charge is 0.361 e. The van der Waals surface area contributed by atoms with Crippen molar-refractivity contribution in [2.45, 2.75) is 20.4 Å². The van der Waals surface area contributed by atoms with Crippen LogP contribution < -0.4 is 0 Å². The van der Waals surface area contributed by atoms with Gasteiger partial charge in [-0.1, -0.05) is 17.3 Å². The molecule has 0 bridgehead atoms. The van der Waals surface area contributed by atoms with E-state index in [2.05, 4.69) is 15.8 Å².